The zero-order chi connectivity index (χ0) is 27.1. The molecule has 0 bridgehead atoms. The van der Waals surface area contributed by atoms with E-state index in [0.29, 0.717) is 19.6 Å². The predicted molar refractivity (Wildman–Crippen MR) is 156 cm³/mol. The van der Waals surface area contributed by atoms with Crippen molar-refractivity contribution in [1.29, 1.82) is 0 Å². The van der Waals surface area contributed by atoms with Crippen LogP contribution < -0.4 is 37.9 Å². The van der Waals surface area contributed by atoms with Crippen molar-refractivity contribution in [2.24, 2.45) is 0 Å². The molecule has 212 valence electrons. The molecular weight excluding hydrogens is 601 g/mol. The molecule has 6 heteroatoms. The van der Waals surface area contributed by atoms with Gasteiger partial charge < -0.3 is 38.2 Å². The fourth-order valence-corrected chi connectivity index (χ4v) is 4.12. The third-order valence-electron chi connectivity index (χ3n) is 6.45. The molecule has 0 heterocycles. The van der Waals surface area contributed by atoms with Crippen molar-refractivity contribution in [3.63, 3.8) is 0 Å². The van der Waals surface area contributed by atoms with Crippen LogP contribution in [0.4, 0.5) is 5.69 Å². The van der Waals surface area contributed by atoms with E-state index in [0.717, 1.165) is 53.0 Å². The van der Waals surface area contributed by atoms with Crippen LogP contribution in [0.3, 0.4) is 0 Å². The molecule has 0 fully saturated rings. The molecule has 3 aromatic rings. The minimum Gasteiger partial charge on any atom is -1.00 e. The second kappa shape index (κ2) is 17.9. The highest BCUT2D eigenvalue weighted by molar-refractivity contribution is 5.72. The van der Waals surface area contributed by atoms with Gasteiger partial charge in [-0.3, -0.25) is 9.28 Å². The molecule has 0 atom stereocenters. The zero-order valence-corrected chi connectivity index (χ0v) is 25.9. The lowest BCUT2D eigenvalue weighted by atomic mass is 10.1. The van der Waals surface area contributed by atoms with Crippen LogP contribution in [0, 0.1) is 0 Å². The molecule has 39 heavy (non-hydrogen) atoms. The van der Waals surface area contributed by atoms with Gasteiger partial charge in [-0.15, -0.1) is 0 Å². The standard InChI is InChI=1S/C33H44NO4.HI/c1-34(2,3)30-18-16-28(17-19-30)26-33(35)37-25-13-8-6-4-5-7-12-24-36-31-20-22-32(23-21-31)38-27-29-14-10-9-11-15-29;/h9-11,14-23H,4-8,12-13,24-27H2,1-3H3;1H/q+1;/p-1. The zero-order valence-electron chi connectivity index (χ0n) is 23.7. The molecule has 0 unspecified atom stereocenters. The Morgan fingerprint density at radius 1 is 0.615 bits per heavy atom. The van der Waals surface area contributed by atoms with Gasteiger partial charge in [-0.05, 0) is 60.4 Å². The Morgan fingerprint density at radius 2 is 1.15 bits per heavy atom. The molecule has 0 saturated heterocycles. The summed E-state index contributed by atoms with van der Waals surface area (Å²) >= 11 is 0. The van der Waals surface area contributed by atoms with Crippen LogP contribution in [-0.2, 0) is 22.6 Å². The highest BCUT2D eigenvalue weighted by Gasteiger charge is 2.12. The van der Waals surface area contributed by atoms with Crippen LogP contribution in [0.5, 0.6) is 11.5 Å². The number of hydrogen-bond donors (Lipinski definition) is 0. The molecule has 0 aliphatic carbocycles. The maximum atomic E-state index is 12.1. The van der Waals surface area contributed by atoms with Crippen LogP contribution in [0.1, 0.15) is 56.1 Å². The first-order valence-electron chi connectivity index (χ1n) is 13.9. The minimum atomic E-state index is -0.141. The number of esters is 1. The average Bonchev–Trinajstić information content (AvgIpc) is 2.91. The lowest BCUT2D eigenvalue weighted by Gasteiger charge is -2.23. The molecule has 0 radical (unpaired) electrons. The molecule has 0 saturated carbocycles. The van der Waals surface area contributed by atoms with Gasteiger partial charge in [0.2, 0.25) is 0 Å². The summed E-state index contributed by atoms with van der Waals surface area (Å²) in [6.07, 6.45) is 8.18. The number of quaternary nitrogens is 1. The maximum absolute atomic E-state index is 12.1. The monoisotopic (exact) mass is 645 g/mol. The number of benzene rings is 3. The summed E-state index contributed by atoms with van der Waals surface area (Å²) in [6.45, 7) is 1.82. The van der Waals surface area contributed by atoms with Crippen molar-refractivity contribution in [2.75, 3.05) is 34.4 Å². The van der Waals surface area contributed by atoms with E-state index in [1.165, 1.54) is 31.4 Å². The molecule has 5 nitrogen and oxygen atoms in total. The second-order valence-electron chi connectivity index (χ2n) is 10.6. The fourth-order valence-electron chi connectivity index (χ4n) is 4.12. The highest BCUT2D eigenvalue weighted by Crippen LogP contribution is 2.20. The van der Waals surface area contributed by atoms with E-state index in [4.69, 9.17) is 14.2 Å². The minimum absolute atomic E-state index is 0. The first-order chi connectivity index (χ1) is 18.4. The van der Waals surface area contributed by atoms with Crippen LogP contribution in [-0.4, -0.2) is 40.3 Å². The van der Waals surface area contributed by atoms with E-state index in [-0.39, 0.29) is 29.9 Å². The normalized spacial score (nSPS) is 10.9. The van der Waals surface area contributed by atoms with E-state index in [9.17, 15) is 4.79 Å². The Balaban J connectivity index is 0.00000533. The second-order valence-corrected chi connectivity index (χ2v) is 10.6. The Hall–Kier alpha value is -2.58. The van der Waals surface area contributed by atoms with Crippen molar-refractivity contribution in [2.45, 2.75) is 58.0 Å². The van der Waals surface area contributed by atoms with E-state index in [1.807, 2.05) is 54.6 Å². The topological polar surface area (TPSA) is 44.8 Å². The number of carbonyl (C=O) groups excluding carboxylic acids is 1. The summed E-state index contributed by atoms with van der Waals surface area (Å²) in [5.41, 5.74) is 3.37. The molecule has 3 rings (SSSR count). The summed E-state index contributed by atoms with van der Waals surface area (Å²) in [7, 11) is 6.38. The third kappa shape index (κ3) is 13.4. The Morgan fingerprint density at radius 3 is 1.74 bits per heavy atom. The van der Waals surface area contributed by atoms with Crippen molar-refractivity contribution in [1.82, 2.24) is 4.48 Å². The van der Waals surface area contributed by atoms with Gasteiger partial charge in [-0.1, -0.05) is 74.6 Å². The highest BCUT2D eigenvalue weighted by atomic mass is 127. The lowest BCUT2D eigenvalue weighted by Crippen LogP contribution is -3.00. The number of hydrogen-bond acceptors (Lipinski definition) is 4. The van der Waals surface area contributed by atoms with E-state index < -0.39 is 0 Å². The predicted octanol–water partition coefficient (Wildman–Crippen LogP) is 4.36. The van der Waals surface area contributed by atoms with E-state index in [1.54, 1.807) is 0 Å². The largest absolute Gasteiger partial charge is 1.00 e. The number of halogens is 1. The van der Waals surface area contributed by atoms with E-state index in [2.05, 4.69) is 45.4 Å². The lowest BCUT2D eigenvalue weighted by molar-refractivity contribution is -0.142. The molecule has 0 aliphatic rings. The fraction of sp³-hybridized carbons (Fsp3) is 0.424. The first kappa shape index (κ1) is 32.6. The van der Waals surface area contributed by atoms with Crippen molar-refractivity contribution >= 4 is 11.7 Å². The number of unbranched alkanes of at least 4 members (excludes halogenated alkanes) is 6. The summed E-state index contributed by atoms with van der Waals surface area (Å²) in [6, 6.07) is 26.2. The summed E-state index contributed by atoms with van der Waals surface area (Å²) < 4.78 is 17.9. The van der Waals surface area contributed by atoms with Gasteiger partial charge in [0.25, 0.3) is 0 Å². The van der Waals surface area contributed by atoms with Gasteiger partial charge in [-0.2, -0.15) is 0 Å². The number of carbonyl (C=O) groups is 1. The smallest absolute Gasteiger partial charge is 0.310 e. The summed E-state index contributed by atoms with van der Waals surface area (Å²) in [5.74, 6) is 1.59. The Kier molecular flexibility index (Phi) is 15.0. The van der Waals surface area contributed by atoms with Gasteiger partial charge in [0.1, 0.15) is 23.8 Å². The number of rotatable bonds is 17. The average molecular weight is 646 g/mol. The summed E-state index contributed by atoms with van der Waals surface area (Å²) in [4.78, 5) is 12.1. The number of ether oxygens (including phenoxy) is 3. The van der Waals surface area contributed by atoms with Crippen molar-refractivity contribution in [3.05, 3.63) is 90.0 Å². The van der Waals surface area contributed by atoms with E-state index >= 15 is 0 Å². The molecule has 0 N–H and O–H groups in total. The van der Waals surface area contributed by atoms with Crippen molar-refractivity contribution in [3.8, 4) is 11.5 Å². The Labute approximate surface area is 252 Å². The van der Waals surface area contributed by atoms with Crippen LogP contribution >= 0.6 is 0 Å². The first-order valence-corrected chi connectivity index (χ1v) is 13.9. The Bertz CT molecular complexity index is 1060. The molecule has 0 amide bonds. The van der Waals surface area contributed by atoms with Gasteiger partial charge in [0, 0.05) is 0 Å². The molecule has 0 aliphatic heterocycles. The molecular formula is C33H44INO4. The van der Waals surface area contributed by atoms with Gasteiger partial charge in [-0.25, -0.2) is 0 Å². The molecule has 0 spiro atoms. The SMILES string of the molecule is C[N+](C)(C)c1ccc(CC(=O)OCCCCCCCCCOc2ccc(OCc3ccccc3)cc2)cc1.[I-]. The van der Waals surface area contributed by atoms with Gasteiger partial charge >= 0.3 is 5.97 Å². The molecule has 0 aromatic heterocycles. The third-order valence-corrected chi connectivity index (χ3v) is 6.45. The van der Waals surface area contributed by atoms with Crippen molar-refractivity contribution < 1.29 is 43.0 Å². The van der Waals surface area contributed by atoms with Crippen LogP contribution in [0.25, 0.3) is 0 Å². The van der Waals surface area contributed by atoms with Gasteiger partial charge in [0.05, 0.1) is 40.8 Å². The van der Waals surface area contributed by atoms with Gasteiger partial charge in [0.15, 0.2) is 0 Å². The molecule has 3 aromatic carbocycles. The number of nitrogens with zero attached hydrogens (tertiary/aromatic N) is 1. The quantitative estimate of drug-likeness (QED) is 0.0948. The van der Waals surface area contributed by atoms with Crippen LogP contribution in [0.2, 0.25) is 0 Å². The maximum Gasteiger partial charge on any atom is 0.310 e. The van der Waals surface area contributed by atoms with Crippen LogP contribution in [0.15, 0.2) is 78.9 Å². The summed E-state index contributed by atoms with van der Waals surface area (Å²) in [5, 5.41) is 0.